The number of esters is 1. The van der Waals surface area contributed by atoms with E-state index in [2.05, 4.69) is 26.0 Å². The van der Waals surface area contributed by atoms with Crippen LogP contribution in [0.3, 0.4) is 0 Å². The van der Waals surface area contributed by atoms with Crippen LogP contribution in [0.15, 0.2) is 30.3 Å². The summed E-state index contributed by atoms with van der Waals surface area (Å²) in [6.45, 7) is -0.0688. The highest BCUT2D eigenvalue weighted by Gasteiger charge is 2.33. The Morgan fingerprint density at radius 1 is 0.897 bits per heavy atom. The van der Waals surface area contributed by atoms with Gasteiger partial charge in [0, 0.05) is 0 Å². The number of aliphatic hydroxyl groups is 2. The molecule has 0 saturated heterocycles. The summed E-state index contributed by atoms with van der Waals surface area (Å²) >= 11 is 0. The highest BCUT2D eigenvalue weighted by atomic mass is 19.1. The number of benzene rings is 1. The second kappa shape index (κ2) is 16.7. The molecule has 0 aliphatic rings. The molecule has 4 amide bonds. The number of methoxy groups -OCH3 is 1. The Kier molecular flexibility index (Phi) is 14.1. The molecule has 1 aromatic carbocycles. The number of ether oxygens (including phenoxy) is 2. The zero-order chi connectivity index (χ0) is 29.5. The first-order valence-electron chi connectivity index (χ1n) is 11.8. The zero-order valence-corrected chi connectivity index (χ0v) is 21.6. The summed E-state index contributed by atoms with van der Waals surface area (Å²) in [6, 6.07) is 2.58. The summed E-state index contributed by atoms with van der Waals surface area (Å²) in [5, 5.41) is 28.2. The number of nitrogens with one attached hydrogen (secondary N) is 4. The Balaban J connectivity index is 2.75. The summed E-state index contributed by atoms with van der Waals surface area (Å²) in [5.41, 5.74) is 0.712. The van der Waals surface area contributed by atoms with Crippen LogP contribution in [-0.4, -0.2) is 96.4 Å². The molecule has 1 rings (SSSR count). The quantitative estimate of drug-likeness (QED) is 0.134. The molecule has 0 fully saturated rings. The highest BCUT2D eigenvalue weighted by Crippen LogP contribution is 2.03. The van der Waals surface area contributed by atoms with E-state index < -0.39 is 85.5 Å². The molecule has 0 bridgehead atoms. The number of amides is 4. The van der Waals surface area contributed by atoms with Gasteiger partial charge in [0.15, 0.2) is 5.78 Å². The molecule has 0 aliphatic carbocycles. The second-order valence-corrected chi connectivity index (χ2v) is 8.34. The molecule has 5 atom stereocenters. The maximum absolute atomic E-state index is 12.9. The van der Waals surface area contributed by atoms with Crippen LogP contribution in [0.25, 0.3) is 0 Å². The molecule has 0 heterocycles. The minimum Gasteiger partial charge on any atom is -0.469 e. The van der Waals surface area contributed by atoms with E-state index in [0.717, 1.165) is 14.0 Å². The van der Waals surface area contributed by atoms with Crippen LogP contribution in [0, 0.1) is 0 Å². The van der Waals surface area contributed by atoms with Crippen molar-refractivity contribution in [2.24, 2.45) is 0 Å². The molecule has 0 aliphatic heterocycles. The highest BCUT2D eigenvalue weighted by molar-refractivity contribution is 5.97. The van der Waals surface area contributed by atoms with Gasteiger partial charge in [-0.3, -0.25) is 24.0 Å². The summed E-state index contributed by atoms with van der Waals surface area (Å²) < 4.78 is 22.3. The van der Waals surface area contributed by atoms with E-state index in [4.69, 9.17) is 4.74 Å². The van der Waals surface area contributed by atoms with Crippen molar-refractivity contribution in [3.8, 4) is 0 Å². The number of alkyl carbamates (subject to hydrolysis) is 1. The lowest BCUT2D eigenvalue weighted by Gasteiger charge is -2.26. The Hall–Kier alpha value is -4.11. The fourth-order valence-electron chi connectivity index (χ4n) is 3.01. The lowest BCUT2D eigenvalue weighted by Crippen LogP contribution is -2.60. The van der Waals surface area contributed by atoms with Crippen molar-refractivity contribution in [3.05, 3.63) is 35.9 Å². The van der Waals surface area contributed by atoms with Crippen LogP contribution < -0.4 is 21.3 Å². The normalized spacial score (nSPS) is 14.4. The van der Waals surface area contributed by atoms with Gasteiger partial charge in [-0.1, -0.05) is 30.3 Å². The Bertz CT molecular complexity index is 1010. The molecule has 1 aromatic rings. The third-order valence-corrected chi connectivity index (χ3v) is 5.25. The summed E-state index contributed by atoms with van der Waals surface area (Å²) in [5.74, 6) is -5.20. The van der Waals surface area contributed by atoms with Gasteiger partial charge >= 0.3 is 12.1 Å². The smallest absolute Gasteiger partial charge is 0.408 e. The molecule has 0 radical (unpaired) electrons. The fourth-order valence-corrected chi connectivity index (χ4v) is 3.01. The van der Waals surface area contributed by atoms with Crippen molar-refractivity contribution >= 4 is 35.6 Å². The lowest BCUT2D eigenvalue weighted by molar-refractivity contribution is -0.144. The van der Waals surface area contributed by atoms with Crippen molar-refractivity contribution in [1.29, 1.82) is 0 Å². The van der Waals surface area contributed by atoms with E-state index in [1.807, 2.05) is 0 Å². The van der Waals surface area contributed by atoms with Gasteiger partial charge in [-0.25, -0.2) is 9.18 Å². The standard InChI is InChI=1S/C24H33FN4O10/c1-13(26-24(37)39-12-15-7-5-4-6-8-15)21(34)28-17(11-30)22(35)29-20(14(2)31)23(36)27-16(18(32)10-25)9-19(33)38-3/h4-8,13-14,16-17,20,30-31H,9-12H2,1-3H3,(H,26,37)(H,27,36)(H,28,34)(H,29,35). The topological polar surface area (TPSA) is 209 Å². The maximum Gasteiger partial charge on any atom is 0.408 e. The third kappa shape index (κ3) is 11.4. The molecule has 0 aromatic heterocycles. The average Bonchev–Trinajstić information content (AvgIpc) is 2.92. The number of rotatable bonds is 15. The van der Waals surface area contributed by atoms with Gasteiger partial charge in [-0.15, -0.1) is 0 Å². The van der Waals surface area contributed by atoms with Crippen molar-refractivity contribution in [1.82, 2.24) is 21.3 Å². The second-order valence-electron chi connectivity index (χ2n) is 8.34. The van der Waals surface area contributed by atoms with E-state index in [9.17, 15) is 43.4 Å². The molecule has 0 spiro atoms. The first kappa shape index (κ1) is 32.9. The number of alkyl halides is 1. The number of aliphatic hydroxyl groups excluding tert-OH is 2. The fraction of sp³-hybridized carbons (Fsp3) is 0.500. The largest absolute Gasteiger partial charge is 0.469 e. The van der Waals surface area contributed by atoms with Crippen LogP contribution in [0.2, 0.25) is 0 Å². The molecule has 0 saturated carbocycles. The molecule has 39 heavy (non-hydrogen) atoms. The van der Waals surface area contributed by atoms with Crippen molar-refractivity contribution < 1.29 is 52.8 Å². The molecule has 14 nitrogen and oxygen atoms in total. The lowest BCUT2D eigenvalue weighted by atomic mass is 10.1. The van der Waals surface area contributed by atoms with Crippen LogP contribution in [0.1, 0.15) is 25.8 Å². The minimum atomic E-state index is -1.72. The SMILES string of the molecule is COC(=O)CC(NC(=O)C(NC(=O)C(CO)NC(=O)C(C)NC(=O)OCc1ccccc1)C(C)O)C(=O)CF. The zero-order valence-electron chi connectivity index (χ0n) is 21.6. The van der Waals surface area contributed by atoms with Gasteiger partial charge in [0.25, 0.3) is 0 Å². The van der Waals surface area contributed by atoms with Crippen LogP contribution in [0.4, 0.5) is 9.18 Å². The Morgan fingerprint density at radius 2 is 1.51 bits per heavy atom. The predicted molar refractivity (Wildman–Crippen MR) is 131 cm³/mol. The molecular formula is C24H33FN4O10. The van der Waals surface area contributed by atoms with Gasteiger partial charge in [0.1, 0.15) is 37.4 Å². The van der Waals surface area contributed by atoms with Crippen molar-refractivity contribution in [2.45, 2.75) is 57.1 Å². The van der Waals surface area contributed by atoms with Gasteiger partial charge in [-0.2, -0.15) is 0 Å². The Morgan fingerprint density at radius 3 is 2.05 bits per heavy atom. The van der Waals surface area contributed by atoms with Crippen LogP contribution >= 0.6 is 0 Å². The maximum atomic E-state index is 12.9. The monoisotopic (exact) mass is 556 g/mol. The van der Waals surface area contributed by atoms with E-state index in [0.29, 0.717) is 5.56 Å². The molecule has 6 N–H and O–H groups in total. The van der Waals surface area contributed by atoms with E-state index in [-0.39, 0.29) is 6.61 Å². The number of Topliss-reactive ketones (excluding diaryl/α,β-unsaturated/α-hetero) is 1. The van der Waals surface area contributed by atoms with Gasteiger partial charge in [0.2, 0.25) is 17.7 Å². The van der Waals surface area contributed by atoms with Gasteiger partial charge < -0.3 is 41.0 Å². The minimum absolute atomic E-state index is 0.0527. The van der Waals surface area contributed by atoms with Crippen molar-refractivity contribution in [2.75, 3.05) is 20.4 Å². The van der Waals surface area contributed by atoms with Gasteiger partial charge in [0.05, 0.1) is 26.2 Å². The third-order valence-electron chi connectivity index (χ3n) is 5.25. The number of carbonyl (C=O) groups excluding carboxylic acids is 6. The van der Waals surface area contributed by atoms with E-state index in [1.165, 1.54) is 6.92 Å². The predicted octanol–water partition coefficient (Wildman–Crippen LogP) is -1.77. The first-order chi connectivity index (χ1) is 18.4. The molecular weight excluding hydrogens is 523 g/mol. The van der Waals surface area contributed by atoms with Crippen molar-refractivity contribution in [3.63, 3.8) is 0 Å². The average molecular weight is 557 g/mol. The van der Waals surface area contributed by atoms with E-state index in [1.54, 1.807) is 30.3 Å². The summed E-state index contributed by atoms with van der Waals surface area (Å²) in [6.07, 6.45) is -3.16. The van der Waals surface area contributed by atoms with Crippen LogP contribution in [-0.2, 0) is 40.1 Å². The Labute approximate surface area is 223 Å². The number of hydrogen-bond donors (Lipinski definition) is 6. The molecule has 216 valence electrons. The summed E-state index contributed by atoms with van der Waals surface area (Å²) in [7, 11) is 1.02. The number of ketones is 1. The van der Waals surface area contributed by atoms with Crippen LogP contribution in [0.5, 0.6) is 0 Å². The van der Waals surface area contributed by atoms with Gasteiger partial charge in [-0.05, 0) is 19.4 Å². The number of carbonyl (C=O) groups is 6. The molecule has 15 heteroatoms. The first-order valence-corrected chi connectivity index (χ1v) is 11.8. The molecule has 5 unspecified atom stereocenters. The number of halogens is 1. The van der Waals surface area contributed by atoms with E-state index >= 15 is 0 Å². The number of hydrogen-bond acceptors (Lipinski definition) is 10. The summed E-state index contributed by atoms with van der Waals surface area (Å²) in [4.78, 5) is 72.9.